The predicted octanol–water partition coefficient (Wildman–Crippen LogP) is 2.65. The van der Waals surface area contributed by atoms with Crippen molar-refractivity contribution in [2.75, 3.05) is 0 Å². The maximum atomic E-state index is 10.9. The van der Waals surface area contributed by atoms with E-state index in [9.17, 15) is 4.79 Å². The first kappa shape index (κ1) is 11.4. The van der Waals surface area contributed by atoms with Crippen LogP contribution >= 0.6 is 0 Å². The molecule has 0 bridgehead atoms. The Morgan fingerprint density at radius 1 is 1.35 bits per heavy atom. The van der Waals surface area contributed by atoms with Crippen molar-refractivity contribution in [3.63, 3.8) is 0 Å². The Kier molecular flexibility index (Phi) is 2.95. The minimum atomic E-state index is -1.00. The van der Waals surface area contributed by atoms with Gasteiger partial charge in [-0.3, -0.25) is 0 Å². The SMILES string of the molecule is CCc1ccc(-c2nc(C(=O)O)c(C)[nH]2)cc1. The summed E-state index contributed by atoms with van der Waals surface area (Å²) in [4.78, 5) is 18.0. The lowest BCUT2D eigenvalue weighted by Gasteiger charge is -1.98. The Morgan fingerprint density at radius 3 is 2.47 bits per heavy atom. The zero-order chi connectivity index (χ0) is 12.4. The maximum Gasteiger partial charge on any atom is 0.356 e. The van der Waals surface area contributed by atoms with E-state index in [1.165, 1.54) is 5.56 Å². The third kappa shape index (κ3) is 2.20. The molecule has 0 atom stereocenters. The van der Waals surface area contributed by atoms with Gasteiger partial charge >= 0.3 is 5.97 Å². The van der Waals surface area contributed by atoms with E-state index in [4.69, 9.17) is 5.11 Å². The molecule has 0 aliphatic rings. The molecule has 0 fully saturated rings. The number of carboxylic acid groups (broad SMARTS) is 1. The molecule has 17 heavy (non-hydrogen) atoms. The molecule has 1 aromatic heterocycles. The second-order valence-corrected chi connectivity index (χ2v) is 3.91. The van der Waals surface area contributed by atoms with Gasteiger partial charge in [0.15, 0.2) is 5.69 Å². The lowest BCUT2D eigenvalue weighted by molar-refractivity contribution is 0.0690. The molecule has 0 aliphatic carbocycles. The number of H-pyrrole nitrogens is 1. The van der Waals surface area contributed by atoms with Crippen LogP contribution in [0.25, 0.3) is 11.4 Å². The Hall–Kier alpha value is -2.10. The van der Waals surface area contributed by atoms with E-state index in [-0.39, 0.29) is 5.69 Å². The number of carbonyl (C=O) groups is 1. The van der Waals surface area contributed by atoms with Crippen LogP contribution in [-0.2, 0) is 6.42 Å². The predicted molar refractivity (Wildman–Crippen MR) is 65.1 cm³/mol. The number of aromatic nitrogens is 2. The summed E-state index contributed by atoms with van der Waals surface area (Å²) in [6.07, 6.45) is 0.984. The van der Waals surface area contributed by atoms with E-state index in [0.29, 0.717) is 11.5 Å². The van der Waals surface area contributed by atoms with Gasteiger partial charge in [-0.2, -0.15) is 0 Å². The van der Waals surface area contributed by atoms with Gasteiger partial charge in [-0.1, -0.05) is 31.2 Å². The van der Waals surface area contributed by atoms with Crippen molar-refractivity contribution in [2.24, 2.45) is 0 Å². The first-order chi connectivity index (χ1) is 8.11. The average Bonchev–Trinajstić information content (AvgIpc) is 2.71. The number of aryl methyl sites for hydroxylation is 2. The van der Waals surface area contributed by atoms with Crippen LogP contribution in [0.2, 0.25) is 0 Å². The Morgan fingerprint density at radius 2 is 2.00 bits per heavy atom. The zero-order valence-electron chi connectivity index (χ0n) is 9.82. The van der Waals surface area contributed by atoms with Gasteiger partial charge < -0.3 is 10.1 Å². The van der Waals surface area contributed by atoms with Crippen molar-refractivity contribution < 1.29 is 9.90 Å². The fourth-order valence-corrected chi connectivity index (χ4v) is 1.70. The third-order valence-corrected chi connectivity index (χ3v) is 2.72. The molecule has 2 rings (SSSR count). The molecule has 2 N–H and O–H groups in total. The van der Waals surface area contributed by atoms with Gasteiger partial charge in [0.2, 0.25) is 0 Å². The molecule has 0 saturated heterocycles. The van der Waals surface area contributed by atoms with Gasteiger partial charge in [0.1, 0.15) is 5.82 Å². The van der Waals surface area contributed by atoms with E-state index in [1.807, 2.05) is 24.3 Å². The van der Waals surface area contributed by atoms with E-state index >= 15 is 0 Å². The van der Waals surface area contributed by atoms with Crippen molar-refractivity contribution in [2.45, 2.75) is 20.3 Å². The fourth-order valence-electron chi connectivity index (χ4n) is 1.70. The summed E-state index contributed by atoms with van der Waals surface area (Å²) < 4.78 is 0. The van der Waals surface area contributed by atoms with Crippen molar-refractivity contribution in [3.05, 3.63) is 41.2 Å². The molecule has 4 nitrogen and oxygen atoms in total. The van der Waals surface area contributed by atoms with Crippen LogP contribution in [0.15, 0.2) is 24.3 Å². The van der Waals surface area contributed by atoms with Crippen LogP contribution in [0.3, 0.4) is 0 Å². The number of benzene rings is 1. The van der Waals surface area contributed by atoms with E-state index in [1.54, 1.807) is 6.92 Å². The molecule has 0 spiro atoms. The highest BCUT2D eigenvalue weighted by molar-refractivity contribution is 5.87. The fraction of sp³-hybridized carbons (Fsp3) is 0.231. The quantitative estimate of drug-likeness (QED) is 0.851. The normalized spacial score (nSPS) is 10.5. The van der Waals surface area contributed by atoms with Crippen LogP contribution in [0.4, 0.5) is 0 Å². The van der Waals surface area contributed by atoms with Crippen LogP contribution < -0.4 is 0 Å². The van der Waals surface area contributed by atoms with Crippen molar-refractivity contribution in [1.29, 1.82) is 0 Å². The molecule has 1 aromatic carbocycles. The summed E-state index contributed by atoms with van der Waals surface area (Å²) in [6, 6.07) is 7.94. The van der Waals surface area contributed by atoms with Gasteiger partial charge in [0, 0.05) is 11.3 Å². The van der Waals surface area contributed by atoms with E-state index in [2.05, 4.69) is 16.9 Å². The molecule has 0 aliphatic heterocycles. The van der Waals surface area contributed by atoms with Crippen LogP contribution in [-0.4, -0.2) is 21.0 Å². The molecule has 1 heterocycles. The number of imidazole rings is 1. The van der Waals surface area contributed by atoms with Crippen molar-refractivity contribution >= 4 is 5.97 Å². The van der Waals surface area contributed by atoms with E-state index < -0.39 is 5.97 Å². The molecule has 0 radical (unpaired) electrons. The summed E-state index contributed by atoms with van der Waals surface area (Å²) in [6.45, 7) is 3.80. The number of nitrogens with one attached hydrogen (secondary N) is 1. The highest BCUT2D eigenvalue weighted by Gasteiger charge is 2.13. The summed E-state index contributed by atoms with van der Waals surface area (Å²) >= 11 is 0. The number of rotatable bonds is 3. The second kappa shape index (κ2) is 4.41. The Labute approximate surface area is 99.3 Å². The number of aromatic amines is 1. The first-order valence-electron chi connectivity index (χ1n) is 5.51. The lowest BCUT2D eigenvalue weighted by Crippen LogP contribution is -1.98. The summed E-state index contributed by atoms with van der Waals surface area (Å²) in [5.41, 5.74) is 2.81. The topological polar surface area (TPSA) is 66.0 Å². The minimum absolute atomic E-state index is 0.0829. The third-order valence-electron chi connectivity index (χ3n) is 2.72. The molecule has 88 valence electrons. The van der Waals surface area contributed by atoms with Gasteiger partial charge in [-0.15, -0.1) is 0 Å². The minimum Gasteiger partial charge on any atom is -0.476 e. The first-order valence-corrected chi connectivity index (χ1v) is 5.51. The molecular formula is C13H14N2O2. The largest absolute Gasteiger partial charge is 0.476 e. The molecule has 0 saturated carbocycles. The van der Waals surface area contributed by atoms with Gasteiger partial charge in [-0.25, -0.2) is 9.78 Å². The molecule has 2 aromatic rings. The number of hydrogen-bond acceptors (Lipinski definition) is 2. The summed E-state index contributed by atoms with van der Waals surface area (Å²) in [5, 5.41) is 8.93. The molecule has 0 amide bonds. The number of nitrogens with zero attached hydrogens (tertiary/aromatic N) is 1. The highest BCUT2D eigenvalue weighted by atomic mass is 16.4. The van der Waals surface area contributed by atoms with E-state index in [0.717, 1.165) is 12.0 Å². The Balaban J connectivity index is 2.39. The lowest BCUT2D eigenvalue weighted by atomic mass is 10.1. The molecule has 0 unspecified atom stereocenters. The summed E-state index contributed by atoms with van der Waals surface area (Å²) in [5.74, 6) is -0.405. The summed E-state index contributed by atoms with van der Waals surface area (Å²) in [7, 11) is 0. The second-order valence-electron chi connectivity index (χ2n) is 3.91. The van der Waals surface area contributed by atoms with Crippen LogP contribution in [0.1, 0.15) is 28.7 Å². The molecule has 4 heteroatoms. The van der Waals surface area contributed by atoms with Gasteiger partial charge in [0.05, 0.1) is 0 Å². The number of aromatic carboxylic acids is 1. The Bertz CT molecular complexity index is 541. The smallest absolute Gasteiger partial charge is 0.356 e. The van der Waals surface area contributed by atoms with Crippen LogP contribution in [0, 0.1) is 6.92 Å². The van der Waals surface area contributed by atoms with Crippen molar-refractivity contribution in [1.82, 2.24) is 9.97 Å². The van der Waals surface area contributed by atoms with Crippen LogP contribution in [0.5, 0.6) is 0 Å². The van der Waals surface area contributed by atoms with Gasteiger partial charge in [0.25, 0.3) is 0 Å². The number of hydrogen-bond donors (Lipinski definition) is 2. The molecular weight excluding hydrogens is 216 g/mol. The number of carboxylic acids is 1. The van der Waals surface area contributed by atoms with Crippen molar-refractivity contribution in [3.8, 4) is 11.4 Å². The maximum absolute atomic E-state index is 10.9. The standard InChI is InChI=1S/C13H14N2O2/c1-3-9-4-6-10(7-5-9)12-14-8(2)11(15-12)13(16)17/h4-7H,3H2,1-2H3,(H,14,15)(H,16,17). The monoisotopic (exact) mass is 230 g/mol. The highest BCUT2D eigenvalue weighted by Crippen LogP contribution is 2.18. The average molecular weight is 230 g/mol. The zero-order valence-corrected chi connectivity index (χ0v) is 9.82. The van der Waals surface area contributed by atoms with Gasteiger partial charge in [-0.05, 0) is 18.9 Å².